The predicted octanol–water partition coefficient (Wildman–Crippen LogP) is 17.9. The van der Waals surface area contributed by atoms with E-state index in [1.165, 1.54) is 148 Å². The fourth-order valence-corrected chi connectivity index (χ4v) is 9.05. The maximum absolute atomic E-state index is 13.5. The number of carbonyl (C=O) groups excluding carboxylic acids is 2. The first-order chi connectivity index (χ1) is 34.4. The van der Waals surface area contributed by atoms with Gasteiger partial charge in [0.15, 0.2) is 0 Å². The van der Waals surface area contributed by atoms with E-state index in [2.05, 4.69) is 74.7 Å². The topological polar surface area (TPSA) is 111 Å². The van der Waals surface area contributed by atoms with E-state index in [1.807, 2.05) is 33.3 Å². The SMILES string of the molecule is CCCCC/C=C\C/C=C\CCCCCCCCCCCC(=O)NC(COP(=O)(O)OCC[N+](C)(C)C)C(/C=C\CCCCCCCCCCC)OC(=O)CCCCCCCC/C=C/C=C/CCCCC. The van der Waals surface area contributed by atoms with Crippen molar-refractivity contribution in [3.05, 3.63) is 60.8 Å². The Morgan fingerprint density at radius 3 is 1.38 bits per heavy atom. The highest BCUT2D eigenvalue weighted by Gasteiger charge is 2.30. The molecule has 0 saturated carbocycles. The van der Waals surface area contributed by atoms with Crippen molar-refractivity contribution in [2.75, 3.05) is 40.9 Å². The van der Waals surface area contributed by atoms with Gasteiger partial charge in [-0.2, -0.15) is 0 Å². The molecule has 414 valence electrons. The van der Waals surface area contributed by atoms with E-state index in [-0.39, 0.29) is 31.5 Å². The zero-order valence-corrected chi connectivity index (χ0v) is 48.1. The number of likely N-dealkylation sites (N-methyl/N-ethyl adjacent to an activating group) is 1. The molecule has 0 radical (unpaired) electrons. The highest BCUT2D eigenvalue weighted by molar-refractivity contribution is 7.47. The van der Waals surface area contributed by atoms with Crippen LogP contribution in [-0.4, -0.2) is 74.3 Å². The minimum absolute atomic E-state index is 0.0361. The molecule has 0 aromatic heterocycles. The van der Waals surface area contributed by atoms with Crippen LogP contribution < -0.4 is 5.32 Å². The van der Waals surface area contributed by atoms with Crippen molar-refractivity contribution in [2.45, 2.75) is 277 Å². The Labute approximate surface area is 439 Å². The average Bonchev–Trinajstić information content (AvgIpc) is 3.33. The minimum atomic E-state index is -4.45. The predicted molar refractivity (Wildman–Crippen MR) is 305 cm³/mol. The smallest absolute Gasteiger partial charge is 0.456 e. The van der Waals surface area contributed by atoms with Gasteiger partial charge in [0, 0.05) is 12.8 Å². The van der Waals surface area contributed by atoms with Crippen molar-refractivity contribution >= 4 is 19.7 Å². The summed E-state index contributed by atoms with van der Waals surface area (Å²) < 4.78 is 30.6. The standard InChI is InChI=1S/C61H113N2O7P/c1-7-10-13-16-19-22-25-27-29-30-31-32-34-35-38-41-44-47-50-53-60(64)62-58(57-69-71(66,67)68-56-55-63(4,5)6)59(52-49-46-43-40-37-24-21-18-15-12-9-3)70-61(65)54-51-48-45-42-39-36-33-28-26-23-20-17-14-11-8-2/h19-20,22-23,26-29,49,52,58-59H,7-18,21,24-25,30-48,50-51,53-57H2,1-6H3,(H-,62,64,66,67)/p+1/b22-19-,23-20+,28-26+,29-27-,52-49-. The van der Waals surface area contributed by atoms with Gasteiger partial charge in [-0.05, 0) is 89.5 Å². The number of unbranched alkanes of at least 4 members (excludes halogenated alkanes) is 30. The molecule has 0 bridgehead atoms. The van der Waals surface area contributed by atoms with Crippen molar-refractivity contribution in [3.8, 4) is 0 Å². The zero-order chi connectivity index (χ0) is 52.2. The Morgan fingerprint density at radius 2 is 0.901 bits per heavy atom. The van der Waals surface area contributed by atoms with Gasteiger partial charge in [-0.25, -0.2) is 4.57 Å². The Kier molecular flexibility index (Phi) is 49.6. The Morgan fingerprint density at radius 1 is 0.507 bits per heavy atom. The number of hydrogen-bond acceptors (Lipinski definition) is 6. The summed E-state index contributed by atoms with van der Waals surface area (Å²) in [6, 6.07) is -0.855. The van der Waals surface area contributed by atoms with Gasteiger partial charge < -0.3 is 19.4 Å². The van der Waals surface area contributed by atoms with Crippen molar-refractivity contribution in [1.29, 1.82) is 0 Å². The molecule has 3 unspecified atom stereocenters. The van der Waals surface area contributed by atoms with Crippen molar-refractivity contribution in [1.82, 2.24) is 5.32 Å². The Balaban J connectivity index is 5.28. The van der Waals surface area contributed by atoms with Gasteiger partial charge in [-0.15, -0.1) is 0 Å². The normalized spacial score (nSPS) is 14.2. The van der Waals surface area contributed by atoms with Crippen LogP contribution in [0.25, 0.3) is 0 Å². The number of ether oxygens (including phenoxy) is 1. The monoisotopic (exact) mass is 1020 g/mol. The van der Waals surface area contributed by atoms with Crippen LogP contribution in [-0.2, 0) is 27.9 Å². The number of hydrogen-bond donors (Lipinski definition) is 2. The lowest BCUT2D eigenvalue weighted by Crippen LogP contribution is -2.47. The molecule has 0 aliphatic carbocycles. The Hall–Kier alpha value is -2.29. The minimum Gasteiger partial charge on any atom is -0.456 e. The maximum atomic E-state index is 13.5. The molecule has 2 N–H and O–H groups in total. The van der Waals surface area contributed by atoms with Gasteiger partial charge in [-0.3, -0.25) is 18.6 Å². The van der Waals surface area contributed by atoms with Crippen molar-refractivity contribution in [2.24, 2.45) is 0 Å². The molecule has 0 fully saturated rings. The molecule has 0 heterocycles. The number of phosphoric acid groups is 1. The molecule has 10 heteroatoms. The van der Waals surface area contributed by atoms with Gasteiger partial charge in [-0.1, -0.05) is 223 Å². The largest absolute Gasteiger partial charge is 0.472 e. The second-order valence-corrected chi connectivity index (χ2v) is 22.6. The summed E-state index contributed by atoms with van der Waals surface area (Å²) in [4.78, 5) is 37.6. The second-order valence-electron chi connectivity index (χ2n) is 21.2. The molecule has 0 aliphatic rings. The molecule has 0 spiro atoms. The van der Waals surface area contributed by atoms with E-state index >= 15 is 0 Å². The summed E-state index contributed by atoms with van der Waals surface area (Å²) in [5.41, 5.74) is 0. The second kappa shape index (κ2) is 51.2. The number of carbonyl (C=O) groups is 2. The van der Waals surface area contributed by atoms with Gasteiger partial charge in [0.25, 0.3) is 0 Å². The molecule has 0 rings (SSSR count). The third-order valence-corrected chi connectivity index (χ3v) is 13.9. The molecule has 9 nitrogen and oxygen atoms in total. The van der Waals surface area contributed by atoms with Crippen LogP contribution in [0, 0.1) is 0 Å². The number of amides is 1. The number of esters is 1. The number of nitrogens with one attached hydrogen (secondary N) is 1. The lowest BCUT2D eigenvalue weighted by molar-refractivity contribution is -0.870. The van der Waals surface area contributed by atoms with E-state index < -0.39 is 20.0 Å². The number of phosphoric ester groups is 1. The van der Waals surface area contributed by atoms with Crippen LogP contribution in [0.15, 0.2) is 60.8 Å². The molecule has 0 saturated heterocycles. The number of allylic oxidation sites excluding steroid dienone is 9. The highest BCUT2D eigenvalue weighted by Crippen LogP contribution is 2.43. The molecule has 1 amide bonds. The first kappa shape index (κ1) is 68.7. The van der Waals surface area contributed by atoms with E-state index in [4.69, 9.17) is 13.8 Å². The number of rotatable bonds is 53. The summed E-state index contributed by atoms with van der Waals surface area (Å²) in [6.07, 6.45) is 63.5. The lowest BCUT2D eigenvalue weighted by Gasteiger charge is -2.27. The summed E-state index contributed by atoms with van der Waals surface area (Å²) in [6.45, 7) is 6.95. The summed E-state index contributed by atoms with van der Waals surface area (Å²) in [7, 11) is 1.48. The first-order valence-corrected chi connectivity index (χ1v) is 31.1. The molecule has 0 aromatic carbocycles. The summed E-state index contributed by atoms with van der Waals surface area (Å²) >= 11 is 0. The zero-order valence-electron chi connectivity index (χ0n) is 47.2. The van der Waals surface area contributed by atoms with Crippen molar-refractivity contribution in [3.63, 3.8) is 0 Å². The molecule has 0 aromatic rings. The maximum Gasteiger partial charge on any atom is 0.472 e. The van der Waals surface area contributed by atoms with Crippen LogP contribution in [0.1, 0.15) is 265 Å². The van der Waals surface area contributed by atoms with Crippen LogP contribution in [0.5, 0.6) is 0 Å². The van der Waals surface area contributed by atoms with Crippen LogP contribution in [0.2, 0.25) is 0 Å². The summed E-state index contributed by atoms with van der Waals surface area (Å²) in [5, 5.41) is 3.05. The fraction of sp³-hybridized carbons (Fsp3) is 0.803. The van der Waals surface area contributed by atoms with Crippen molar-refractivity contribution < 1.29 is 37.3 Å². The van der Waals surface area contributed by atoms with E-state index in [1.54, 1.807) is 0 Å². The third kappa shape index (κ3) is 52.4. The van der Waals surface area contributed by atoms with E-state index in [9.17, 15) is 19.0 Å². The third-order valence-electron chi connectivity index (χ3n) is 13.0. The summed E-state index contributed by atoms with van der Waals surface area (Å²) in [5.74, 6) is -0.522. The molecular formula is C61H114N2O7P+. The van der Waals surface area contributed by atoms with Gasteiger partial charge in [0.1, 0.15) is 19.3 Å². The molecule has 3 atom stereocenters. The first-order valence-electron chi connectivity index (χ1n) is 29.6. The number of nitrogens with zero attached hydrogens (tertiary/aromatic N) is 1. The van der Waals surface area contributed by atoms with Gasteiger partial charge in [0.2, 0.25) is 5.91 Å². The molecule has 0 aliphatic heterocycles. The van der Waals surface area contributed by atoms with E-state index in [0.29, 0.717) is 17.4 Å². The average molecular weight is 1020 g/mol. The van der Waals surface area contributed by atoms with Crippen LogP contribution >= 0.6 is 7.82 Å². The molecule has 71 heavy (non-hydrogen) atoms. The van der Waals surface area contributed by atoms with Crippen LogP contribution in [0.3, 0.4) is 0 Å². The number of quaternary nitrogens is 1. The fourth-order valence-electron chi connectivity index (χ4n) is 8.31. The quantitative estimate of drug-likeness (QED) is 0.0156. The van der Waals surface area contributed by atoms with Crippen LogP contribution in [0.4, 0.5) is 0 Å². The Bertz CT molecular complexity index is 1400. The van der Waals surface area contributed by atoms with Gasteiger partial charge in [0.05, 0.1) is 33.8 Å². The molecular weight excluding hydrogens is 904 g/mol. The van der Waals surface area contributed by atoms with E-state index in [0.717, 1.165) is 83.5 Å². The van der Waals surface area contributed by atoms with Gasteiger partial charge >= 0.3 is 13.8 Å². The highest BCUT2D eigenvalue weighted by atomic mass is 31.2. The lowest BCUT2D eigenvalue weighted by atomic mass is 10.0.